The molecule has 0 aliphatic carbocycles. The Kier molecular flexibility index (Phi) is 4.83. The van der Waals surface area contributed by atoms with Crippen LogP contribution in [-0.2, 0) is 6.42 Å². The van der Waals surface area contributed by atoms with Crippen LogP contribution in [0.5, 0.6) is 0 Å². The molecule has 0 radical (unpaired) electrons. The van der Waals surface area contributed by atoms with Gasteiger partial charge in [-0.25, -0.2) is 9.97 Å². The summed E-state index contributed by atoms with van der Waals surface area (Å²) in [6.45, 7) is 0. The Hall–Kier alpha value is -4.53. The van der Waals surface area contributed by atoms with E-state index in [1.807, 2.05) is 48.5 Å². The molecule has 0 spiro atoms. The lowest BCUT2D eigenvalue weighted by Crippen LogP contribution is -2.31. The number of nitrogens with one attached hydrogen (secondary N) is 3. The molecule has 2 aromatic heterocycles. The van der Waals surface area contributed by atoms with Crippen molar-refractivity contribution < 1.29 is 9.72 Å². The highest BCUT2D eigenvalue weighted by Crippen LogP contribution is 2.23. The summed E-state index contributed by atoms with van der Waals surface area (Å²) in [6, 6.07) is 20.5. The molecule has 0 saturated heterocycles. The highest BCUT2D eigenvalue weighted by atomic mass is 16.6. The Morgan fingerprint density at radius 2 is 1.53 bits per heavy atom. The fraction of sp³-hybridized carbons (Fsp3) is 0.0870. The molecule has 1 amide bonds. The average Bonchev–Trinajstić information content (AvgIpc) is 3.42. The Balaban J connectivity index is 1.51. The molecule has 1 atom stereocenters. The van der Waals surface area contributed by atoms with Crippen molar-refractivity contribution in [2.75, 3.05) is 0 Å². The van der Waals surface area contributed by atoms with E-state index in [1.54, 1.807) is 6.07 Å². The lowest BCUT2D eigenvalue weighted by molar-refractivity contribution is -0.385. The van der Waals surface area contributed by atoms with Crippen LogP contribution < -0.4 is 5.32 Å². The molecule has 9 nitrogen and oxygen atoms in total. The van der Waals surface area contributed by atoms with Crippen molar-refractivity contribution in [1.29, 1.82) is 0 Å². The number of imidazole rings is 2. The van der Waals surface area contributed by atoms with Crippen molar-refractivity contribution in [2.24, 2.45) is 0 Å². The van der Waals surface area contributed by atoms with E-state index in [0.29, 0.717) is 18.1 Å². The second-order valence-electron chi connectivity index (χ2n) is 7.34. The van der Waals surface area contributed by atoms with Gasteiger partial charge in [0.2, 0.25) is 0 Å². The number of nitro groups is 1. The number of fused-ring (bicyclic) bond motifs is 2. The van der Waals surface area contributed by atoms with E-state index in [9.17, 15) is 14.9 Å². The van der Waals surface area contributed by atoms with Crippen molar-refractivity contribution in [3.05, 3.63) is 100 Å². The number of rotatable bonds is 6. The zero-order valence-corrected chi connectivity index (χ0v) is 16.8. The third kappa shape index (κ3) is 3.67. The first-order valence-electron chi connectivity index (χ1n) is 10.0. The second-order valence-corrected chi connectivity index (χ2v) is 7.34. The maximum Gasteiger partial charge on any atom is 0.282 e. The fourth-order valence-corrected chi connectivity index (χ4v) is 3.71. The summed E-state index contributed by atoms with van der Waals surface area (Å²) in [7, 11) is 0. The number of nitrogens with zero attached hydrogens (tertiary/aromatic N) is 3. The van der Waals surface area contributed by atoms with Crippen molar-refractivity contribution >= 4 is 33.7 Å². The maximum atomic E-state index is 13.0. The van der Waals surface area contributed by atoms with Gasteiger partial charge in [-0.1, -0.05) is 36.4 Å². The zero-order chi connectivity index (χ0) is 22.1. The van der Waals surface area contributed by atoms with E-state index in [1.165, 1.54) is 18.2 Å². The zero-order valence-electron chi connectivity index (χ0n) is 16.8. The minimum atomic E-state index is -0.588. The number of benzene rings is 3. The van der Waals surface area contributed by atoms with Crippen molar-refractivity contribution in [1.82, 2.24) is 25.3 Å². The predicted molar refractivity (Wildman–Crippen MR) is 119 cm³/mol. The van der Waals surface area contributed by atoms with Gasteiger partial charge in [-0.15, -0.1) is 0 Å². The maximum absolute atomic E-state index is 13.0. The van der Waals surface area contributed by atoms with Crippen LogP contribution in [0.2, 0.25) is 0 Å². The van der Waals surface area contributed by atoms with E-state index >= 15 is 0 Å². The Bertz CT molecular complexity index is 1390. The fourth-order valence-electron chi connectivity index (χ4n) is 3.71. The van der Waals surface area contributed by atoms with Gasteiger partial charge in [-0.3, -0.25) is 14.9 Å². The first-order chi connectivity index (χ1) is 15.6. The average molecular weight is 426 g/mol. The monoisotopic (exact) mass is 426 g/mol. The first kappa shape index (κ1) is 19.4. The first-order valence-corrected chi connectivity index (χ1v) is 10.0. The van der Waals surface area contributed by atoms with Gasteiger partial charge in [0.05, 0.1) is 33.0 Å². The number of hydrogen-bond acceptors (Lipinski definition) is 5. The van der Waals surface area contributed by atoms with Crippen molar-refractivity contribution in [2.45, 2.75) is 12.5 Å². The van der Waals surface area contributed by atoms with Gasteiger partial charge >= 0.3 is 0 Å². The Morgan fingerprint density at radius 1 is 0.906 bits per heavy atom. The summed E-state index contributed by atoms with van der Waals surface area (Å²) >= 11 is 0. The van der Waals surface area contributed by atoms with Crippen molar-refractivity contribution in [3.63, 3.8) is 0 Å². The molecular formula is C23H18N6O3. The molecule has 1 unspecified atom stereocenters. The summed E-state index contributed by atoms with van der Waals surface area (Å²) in [6.07, 6.45) is 0.320. The van der Waals surface area contributed by atoms with E-state index in [0.717, 1.165) is 22.1 Å². The Labute approximate surface area is 181 Å². The van der Waals surface area contributed by atoms with Crippen LogP contribution in [0.15, 0.2) is 72.8 Å². The molecule has 3 N–H and O–H groups in total. The smallest absolute Gasteiger partial charge is 0.282 e. The van der Waals surface area contributed by atoms with Crippen LogP contribution in [-0.4, -0.2) is 30.8 Å². The van der Waals surface area contributed by atoms with Crippen LogP contribution in [0.25, 0.3) is 22.1 Å². The molecule has 2 heterocycles. The van der Waals surface area contributed by atoms with E-state index < -0.39 is 16.9 Å². The number of nitro benzene ring substituents is 1. The molecular weight excluding hydrogens is 408 g/mol. The molecule has 0 aliphatic heterocycles. The second kappa shape index (κ2) is 7.95. The van der Waals surface area contributed by atoms with Gasteiger partial charge in [0.25, 0.3) is 11.6 Å². The third-order valence-electron chi connectivity index (χ3n) is 5.22. The number of hydrogen-bond donors (Lipinski definition) is 3. The number of amides is 1. The third-order valence-corrected chi connectivity index (χ3v) is 5.22. The summed E-state index contributed by atoms with van der Waals surface area (Å²) in [5.74, 6) is 0.650. The molecule has 0 bridgehead atoms. The molecule has 0 saturated carbocycles. The molecule has 3 aromatic carbocycles. The van der Waals surface area contributed by atoms with Crippen LogP contribution in [0.1, 0.15) is 28.0 Å². The number of carbonyl (C=O) groups excluding carboxylic acids is 1. The normalized spacial score (nSPS) is 12.1. The number of aromatic amines is 2. The van der Waals surface area contributed by atoms with Gasteiger partial charge in [-0.2, -0.15) is 0 Å². The molecule has 158 valence electrons. The standard InChI is InChI=1S/C23H18N6O3/c30-23(14-7-1-6-12-20(14)29(31)32)28-19(22-26-17-10-4-5-11-18(17)27-22)13-21-24-15-8-2-3-9-16(15)25-21/h1-12,19H,13H2,(H,24,25)(H,26,27)(H,28,30). The highest BCUT2D eigenvalue weighted by Gasteiger charge is 2.25. The minimum absolute atomic E-state index is 0.0109. The molecule has 5 rings (SSSR count). The van der Waals surface area contributed by atoms with Gasteiger partial charge in [0, 0.05) is 12.5 Å². The van der Waals surface area contributed by atoms with E-state index in [4.69, 9.17) is 0 Å². The van der Waals surface area contributed by atoms with Crippen molar-refractivity contribution in [3.8, 4) is 0 Å². The number of aromatic nitrogens is 4. The lowest BCUT2D eigenvalue weighted by Gasteiger charge is -2.16. The quantitative estimate of drug-likeness (QED) is 0.278. The number of para-hydroxylation sites is 5. The number of H-pyrrole nitrogens is 2. The summed E-state index contributed by atoms with van der Waals surface area (Å²) in [4.78, 5) is 39.6. The molecule has 0 aliphatic rings. The van der Waals surface area contributed by atoms with Gasteiger partial charge < -0.3 is 15.3 Å². The summed E-state index contributed by atoms with van der Waals surface area (Å²) in [5, 5.41) is 14.3. The predicted octanol–water partition coefficient (Wildman–Crippen LogP) is 4.06. The molecule has 32 heavy (non-hydrogen) atoms. The van der Waals surface area contributed by atoms with Crippen LogP contribution in [0.3, 0.4) is 0 Å². The molecule has 9 heteroatoms. The molecule has 0 fully saturated rings. The number of carbonyl (C=O) groups is 1. The van der Waals surface area contributed by atoms with Crippen LogP contribution in [0, 0.1) is 10.1 Å². The van der Waals surface area contributed by atoms with Crippen LogP contribution >= 0.6 is 0 Å². The SMILES string of the molecule is O=C(NC(Cc1nc2ccccc2[nH]1)c1nc2ccccc2[nH]1)c1ccccc1[N+](=O)[O-]. The van der Waals surface area contributed by atoms with Gasteiger partial charge in [-0.05, 0) is 30.3 Å². The molecule has 5 aromatic rings. The summed E-state index contributed by atoms with van der Waals surface area (Å²) < 4.78 is 0. The van der Waals surface area contributed by atoms with E-state index in [2.05, 4.69) is 25.3 Å². The highest BCUT2D eigenvalue weighted by molar-refractivity contribution is 5.98. The minimum Gasteiger partial charge on any atom is -0.342 e. The topological polar surface area (TPSA) is 130 Å². The van der Waals surface area contributed by atoms with Crippen LogP contribution in [0.4, 0.5) is 5.69 Å². The van der Waals surface area contributed by atoms with E-state index in [-0.39, 0.29) is 11.3 Å². The van der Waals surface area contributed by atoms with Gasteiger partial charge in [0.1, 0.15) is 17.2 Å². The lowest BCUT2D eigenvalue weighted by atomic mass is 10.1. The van der Waals surface area contributed by atoms with Gasteiger partial charge in [0.15, 0.2) is 0 Å². The summed E-state index contributed by atoms with van der Waals surface area (Å²) in [5.41, 5.74) is 3.03. The largest absolute Gasteiger partial charge is 0.342 e. The Morgan fingerprint density at radius 3 is 2.22 bits per heavy atom.